The van der Waals surface area contributed by atoms with E-state index in [-0.39, 0.29) is 6.10 Å². The summed E-state index contributed by atoms with van der Waals surface area (Å²) in [6.45, 7) is 3.59. The van der Waals surface area contributed by atoms with E-state index >= 15 is 0 Å². The predicted octanol–water partition coefficient (Wildman–Crippen LogP) is 1.67. The van der Waals surface area contributed by atoms with Crippen molar-refractivity contribution in [2.45, 2.75) is 25.9 Å². The molecule has 0 aliphatic carbocycles. The summed E-state index contributed by atoms with van der Waals surface area (Å²) < 4.78 is 9.72. The average molecular weight is 391 g/mol. The lowest BCUT2D eigenvalue weighted by Crippen LogP contribution is -2.39. The van der Waals surface area contributed by atoms with Crippen LogP contribution >= 0.6 is 0 Å². The Kier molecular flexibility index (Phi) is 4.30. The molecule has 1 aliphatic rings. The topological polar surface area (TPSA) is 99.2 Å². The predicted molar refractivity (Wildman–Crippen MR) is 106 cm³/mol. The van der Waals surface area contributed by atoms with Crippen LogP contribution in [0.15, 0.2) is 37.2 Å². The minimum Gasteiger partial charge on any atom is -0.460 e. The molecule has 1 saturated heterocycles. The highest BCUT2D eigenvalue weighted by molar-refractivity contribution is 5.64. The van der Waals surface area contributed by atoms with Crippen LogP contribution in [-0.4, -0.2) is 58.5 Å². The summed E-state index contributed by atoms with van der Waals surface area (Å²) in [6.07, 6.45) is 12.7. The number of fused-ring (bicyclic) bond motifs is 1. The molecular weight excluding hydrogens is 370 g/mol. The molecule has 5 heterocycles. The van der Waals surface area contributed by atoms with E-state index in [2.05, 4.69) is 35.1 Å². The van der Waals surface area contributed by atoms with Crippen LogP contribution in [-0.2, 0) is 7.05 Å². The third-order valence-electron chi connectivity index (χ3n) is 5.16. The van der Waals surface area contributed by atoms with Gasteiger partial charge in [-0.25, -0.2) is 15.0 Å². The third kappa shape index (κ3) is 3.37. The summed E-state index contributed by atoms with van der Waals surface area (Å²) in [6, 6.07) is 0.407. The van der Waals surface area contributed by atoms with Crippen molar-refractivity contribution in [3.63, 3.8) is 0 Å². The number of piperidine rings is 1. The molecule has 1 fully saturated rings. The SMILES string of the molecule is Cc1nnc2c(N3CCC(Oc4ncc(-c5cnn(C)c5)cn4)CC3)nccn12. The maximum absolute atomic E-state index is 6.00. The Morgan fingerprint density at radius 3 is 2.52 bits per heavy atom. The first-order valence-electron chi connectivity index (χ1n) is 9.56. The molecule has 0 bridgehead atoms. The standard InChI is InChI=1S/C19H21N9O/c1-13-24-25-18-17(20-5-8-28(13)18)27-6-3-16(4-7-27)29-19-21-9-14(10-22-19)15-11-23-26(2)12-15/h5,8-12,16H,3-4,6-7H2,1-2H3. The first-order chi connectivity index (χ1) is 14.2. The molecule has 4 aromatic rings. The van der Waals surface area contributed by atoms with E-state index in [1.54, 1.807) is 29.5 Å². The number of ether oxygens (including phenoxy) is 1. The number of nitrogens with zero attached hydrogens (tertiary/aromatic N) is 9. The molecule has 10 heteroatoms. The second-order valence-electron chi connectivity index (χ2n) is 7.15. The molecule has 0 saturated carbocycles. The van der Waals surface area contributed by atoms with Crippen LogP contribution in [0.25, 0.3) is 16.8 Å². The highest BCUT2D eigenvalue weighted by atomic mass is 16.5. The molecule has 0 spiro atoms. The summed E-state index contributed by atoms with van der Waals surface area (Å²) in [4.78, 5) is 15.5. The lowest BCUT2D eigenvalue weighted by Gasteiger charge is -2.32. The van der Waals surface area contributed by atoms with E-state index in [1.807, 2.05) is 30.8 Å². The lowest BCUT2D eigenvalue weighted by molar-refractivity contribution is 0.156. The van der Waals surface area contributed by atoms with Gasteiger partial charge in [-0.2, -0.15) is 5.10 Å². The summed E-state index contributed by atoms with van der Waals surface area (Å²) in [5.74, 6) is 1.72. The number of hydrogen-bond donors (Lipinski definition) is 0. The zero-order chi connectivity index (χ0) is 19.8. The largest absolute Gasteiger partial charge is 0.460 e. The molecular formula is C19H21N9O. The molecule has 1 aliphatic heterocycles. The summed E-state index contributed by atoms with van der Waals surface area (Å²) in [5.41, 5.74) is 2.69. The smallest absolute Gasteiger partial charge is 0.316 e. The molecule has 0 N–H and O–H groups in total. The van der Waals surface area contributed by atoms with E-state index < -0.39 is 0 Å². The van der Waals surface area contributed by atoms with E-state index in [4.69, 9.17) is 4.74 Å². The van der Waals surface area contributed by atoms with Crippen molar-refractivity contribution in [1.82, 2.24) is 39.3 Å². The molecule has 5 rings (SSSR count). The van der Waals surface area contributed by atoms with Gasteiger partial charge in [-0.3, -0.25) is 9.08 Å². The molecule has 4 aromatic heterocycles. The lowest BCUT2D eigenvalue weighted by atomic mass is 10.1. The first kappa shape index (κ1) is 17.5. The van der Waals surface area contributed by atoms with Crippen molar-refractivity contribution in [2.75, 3.05) is 18.0 Å². The summed E-state index contributed by atoms with van der Waals surface area (Å²) in [5, 5.41) is 12.6. The number of hydrogen-bond acceptors (Lipinski definition) is 8. The van der Waals surface area contributed by atoms with Gasteiger partial charge in [0, 0.05) is 75.1 Å². The number of aromatic nitrogens is 8. The van der Waals surface area contributed by atoms with E-state index in [0.717, 1.165) is 54.3 Å². The molecule has 0 atom stereocenters. The van der Waals surface area contributed by atoms with Gasteiger partial charge in [-0.1, -0.05) is 0 Å². The van der Waals surface area contributed by atoms with Gasteiger partial charge in [-0.05, 0) is 6.92 Å². The Morgan fingerprint density at radius 2 is 1.79 bits per heavy atom. The minimum atomic E-state index is 0.0785. The number of rotatable bonds is 4. The maximum atomic E-state index is 6.00. The number of aryl methyl sites for hydroxylation is 2. The van der Waals surface area contributed by atoms with Crippen LogP contribution in [0, 0.1) is 6.92 Å². The van der Waals surface area contributed by atoms with Crippen LogP contribution in [0.1, 0.15) is 18.7 Å². The Labute approximate surface area is 167 Å². The van der Waals surface area contributed by atoms with Crippen molar-refractivity contribution >= 4 is 11.5 Å². The van der Waals surface area contributed by atoms with Gasteiger partial charge in [0.15, 0.2) is 5.82 Å². The fourth-order valence-corrected chi connectivity index (χ4v) is 3.58. The molecule has 0 radical (unpaired) electrons. The Bertz CT molecular complexity index is 1130. The third-order valence-corrected chi connectivity index (χ3v) is 5.16. The van der Waals surface area contributed by atoms with Crippen molar-refractivity contribution in [1.29, 1.82) is 0 Å². The van der Waals surface area contributed by atoms with Crippen LogP contribution in [0.5, 0.6) is 6.01 Å². The number of anilines is 1. The normalized spacial score (nSPS) is 15.2. The fraction of sp³-hybridized carbons (Fsp3) is 0.368. The molecule has 0 unspecified atom stereocenters. The highest BCUT2D eigenvalue weighted by Gasteiger charge is 2.24. The van der Waals surface area contributed by atoms with Crippen molar-refractivity contribution in [2.24, 2.45) is 7.05 Å². The summed E-state index contributed by atoms with van der Waals surface area (Å²) >= 11 is 0. The van der Waals surface area contributed by atoms with Crippen molar-refractivity contribution in [3.05, 3.63) is 43.0 Å². The quantitative estimate of drug-likeness (QED) is 0.518. The Hall–Kier alpha value is -3.56. The molecule has 10 nitrogen and oxygen atoms in total. The molecule has 29 heavy (non-hydrogen) atoms. The molecule has 0 amide bonds. The van der Waals surface area contributed by atoms with Gasteiger partial charge in [0.1, 0.15) is 11.9 Å². The van der Waals surface area contributed by atoms with Gasteiger partial charge in [0.2, 0.25) is 5.65 Å². The minimum absolute atomic E-state index is 0.0785. The van der Waals surface area contributed by atoms with E-state index in [0.29, 0.717) is 6.01 Å². The van der Waals surface area contributed by atoms with Crippen molar-refractivity contribution in [3.8, 4) is 17.1 Å². The molecule has 0 aromatic carbocycles. The zero-order valence-corrected chi connectivity index (χ0v) is 16.3. The fourth-order valence-electron chi connectivity index (χ4n) is 3.58. The van der Waals surface area contributed by atoms with Gasteiger partial charge >= 0.3 is 6.01 Å². The first-order valence-corrected chi connectivity index (χ1v) is 9.56. The monoisotopic (exact) mass is 391 g/mol. The van der Waals surface area contributed by atoms with Crippen LogP contribution in [0.3, 0.4) is 0 Å². The van der Waals surface area contributed by atoms with Crippen molar-refractivity contribution < 1.29 is 4.74 Å². The van der Waals surface area contributed by atoms with Crippen LogP contribution in [0.4, 0.5) is 5.82 Å². The second-order valence-corrected chi connectivity index (χ2v) is 7.15. The second kappa shape index (κ2) is 7.12. The van der Waals surface area contributed by atoms with Gasteiger partial charge in [-0.15, -0.1) is 10.2 Å². The Morgan fingerprint density at radius 1 is 1.00 bits per heavy atom. The van der Waals surface area contributed by atoms with Gasteiger partial charge in [0.25, 0.3) is 0 Å². The highest BCUT2D eigenvalue weighted by Crippen LogP contribution is 2.24. The zero-order valence-electron chi connectivity index (χ0n) is 16.3. The maximum Gasteiger partial charge on any atom is 0.316 e. The van der Waals surface area contributed by atoms with E-state index in [1.165, 1.54) is 0 Å². The summed E-state index contributed by atoms with van der Waals surface area (Å²) in [7, 11) is 1.88. The van der Waals surface area contributed by atoms with Gasteiger partial charge < -0.3 is 9.64 Å². The van der Waals surface area contributed by atoms with Gasteiger partial charge in [0.05, 0.1) is 6.20 Å². The van der Waals surface area contributed by atoms with Crippen LogP contribution in [0.2, 0.25) is 0 Å². The average Bonchev–Trinajstić information content (AvgIpc) is 3.35. The molecule has 148 valence electrons. The Balaban J connectivity index is 1.23. The van der Waals surface area contributed by atoms with Crippen LogP contribution < -0.4 is 9.64 Å². The van der Waals surface area contributed by atoms with E-state index in [9.17, 15) is 0 Å².